The fourth-order valence-corrected chi connectivity index (χ4v) is 3.38. The summed E-state index contributed by atoms with van der Waals surface area (Å²) in [6, 6.07) is 2.48. The Bertz CT molecular complexity index is 925. The van der Waals surface area contributed by atoms with Crippen LogP contribution in [-0.2, 0) is 0 Å². The summed E-state index contributed by atoms with van der Waals surface area (Å²) in [5.41, 5.74) is 1.80. The number of anilines is 1. The molecule has 10 heteroatoms. The van der Waals surface area contributed by atoms with Gasteiger partial charge in [0.05, 0.1) is 14.2 Å². The van der Waals surface area contributed by atoms with Crippen molar-refractivity contribution in [3.8, 4) is 23.5 Å². The average Bonchev–Trinajstić information content (AvgIpc) is 3.28. The van der Waals surface area contributed by atoms with Crippen LogP contribution in [0.2, 0.25) is 0 Å². The molecule has 10 nitrogen and oxygen atoms in total. The Labute approximate surface area is 162 Å². The number of rotatable bonds is 5. The number of nitrogens with zero attached hydrogens (tertiary/aromatic N) is 7. The van der Waals surface area contributed by atoms with E-state index in [2.05, 4.69) is 39.8 Å². The molecule has 1 aliphatic rings. The molecule has 0 amide bonds. The van der Waals surface area contributed by atoms with E-state index in [0.29, 0.717) is 5.95 Å². The number of hydrogen-bond acceptors (Lipinski definition) is 9. The van der Waals surface area contributed by atoms with Crippen LogP contribution in [0.4, 0.5) is 5.95 Å². The fourth-order valence-electron chi connectivity index (χ4n) is 3.38. The number of aromatic nitrogens is 7. The van der Waals surface area contributed by atoms with Gasteiger partial charge in [0.2, 0.25) is 5.95 Å². The highest BCUT2D eigenvalue weighted by atomic mass is 16.5. The molecule has 0 saturated carbocycles. The minimum atomic E-state index is 0.234. The van der Waals surface area contributed by atoms with Crippen LogP contribution in [0.5, 0.6) is 12.0 Å². The number of piperidine rings is 1. The molecule has 0 bridgehead atoms. The third-order valence-electron chi connectivity index (χ3n) is 4.67. The number of aromatic amines is 1. The van der Waals surface area contributed by atoms with Crippen molar-refractivity contribution in [1.29, 1.82) is 0 Å². The van der Waals surface area contributed by atoms with Crippen molar-refractivity contribution in [1.82, 2.24) is 34.9 Å². The summed E-state index contributed by atoms with van der Waals surface area (Å²) in [5, 5.41) is 0. The summed E-state index contributed by atoms with van der Waals surface area (Å²) in [5.74, 6) is 2.25. The first-order valence-electron chi connectivity index (χ1n) is 9.10. The van der Waals surface area contributed by atoms with E-state index in [9.17, 15) is 0 Å². The number of ether oxygens (including phenoxy) is 2. The van der Waals surface area contributed by atoms with E-state index < -0.39 is 0 Å². The Morgan fingerprint density at radius 2 is 1.86 bits per heavy atom. The van der Waals surface area contributed by atoms with Gasteiger partial charge in [-0.2, -0.15) is 9.97 Å². The number of H-pyrrole nitrogens is 1. The molecular weight excluding hydrogens is 360 g/mol. The van der Waals surface area contributed by atoms with Crippen LogP contribution in [-0.4, -0.2) is 62.2 Å². The Morgan fingerprint density at radius 3 is 2.54 bits per heavy atom. The van der Waals surface area contributed by atoms with Gasteiger partial charge in [-0.05, 0) is 25.8 Å². The molecule has 0 radical (unpaired) electrons. The highest BCUT2D eigenvalue weighted by Crippen LogP contribution is 2.30. The smallest absolute Gasteiger partial charge is 0.324 e. The lowest BCUT2D eigenvalue weighted by Crippen LogP contribution is -2.36. The monoisotopic (exact) mass is 382 g/mol. The van der Waals surface area contributed by atoms with E-state index in [1.165, 1.54) is 14.2 Å². The first-order chi connectivity index (χ1) is 13.7. The molecule has 4 rings (SSSR count). The Hall–Kier alpha value is -3.30. The van der Waals surface area contributed by atoms with Crippen molar-refractivity contribution in [3.63, 3.8) is 0 Å². The van der Waals surface area contributed by atoms with Crippen LogP contribution < -0.4 is 14.4 Å². The van der Waals surface area contributed by atoms with Crippen molar-refractivity contribution < 1.29 is 9.47 Å². The Morgan fingerprint density at radius 1 is 1.07 bits per heavy atom. The number of nitrogens with one attached hydrogen (secondary N) is 1. The molecule has 1 N–H and O–H groups in total. The minimum absolute atomic E-state index is 0.234. The largest absolute Gasteiger partial charge is 0.467 e. The molecule has 3 aromatic heterocycles. The SMILES string of the molecule is COc1nc(OC)nc(N2CCC[C@@H](c3cc(-c4ncc[nH]4)nc(C)n3)C2)n1. The van der Waals surface area contributed by atoms with Crippen molar-refractivity contribution in [2.45, 2.75) is 25.7 Å². The van der Waals surface area contributed by atoms with Crippen LogP contribution in [0, 0.1) is 6.92 Å². The third-order valence-corrected chi connectivity index (χ3v) is 4.67. The second-order valence-electron chi connectivity index (χ2n) is 6.56. The molecule has 0 spiro atoms. The van der Waals surface area contributed by atoms with E-state index >= 15 is 0 Å². The van der Waals surface area contributed by atoms with Crippen molar-refractivity contribution in [3.05, 3.63) is 30.0 Å². The zero-order valence-corrected chi connectivity index (χ0v) is 16.1. The number of aryl methyl sites for hydroxylation is 1. The number of hydrogen-bond donors (Lipinski definition) is 1. The summed E-state index contributed by atoms with van der Waals surface area (Å²) in [6.45, 7) is 3.49. The maximum atomic E-state index is 5.17. The van der Waals surface area contributed by atoms with Crippen molar-refractivity contribution in [2.75, 3.05) is 32.2 Å². The summed E-state index contributed by atoms with van der Waals surface area (Å²) in [6.07, 6.45) is 5.54. The molecule has 0 aliphatic carbocycles. The average molecular weight is 382 g/mol. The minimum Gasteiger partial charge on any atom is -0.467 e. The number of methoxy groups -OCH3 is 2. The summed E-state index contributed by atoms with van der Waals surface area (Å²) in [7, 11) is 3.05. The van der Waals surface area contributed by atoms with Gasteiger partial charge in [-0.25, -0.2) is 15.0 Å². The second-order valence-corrected chi connectivity index (χ2v) is 6.56. The van der Waals surface area contributed by atoms with Gasteiger partial charge in [0.1, 0.15) is 11.5 Å². The predicted molar refractivity (Wildman–Crippen MR) is 101 cm³/mol. The molecule has 1 atom stereocenters. The molecule has 28 heavy (non-hydrogen) atoms. The lowest BCUT2D eigenvalue weighted by molar-refractivity contribution is 0.338. The first-order valence-corrected chi connectivity index (χ1v) is 9.10. The lowest BCUT2D eigenvalue weighted by Gasteiger charge is -2.32. The highest BCUT2D eigenvalue weighted by Gasteiger charge is 2.26. The van der Waals surface area contributed by atoms with Gasteiger partial charge in [0.15, 0.2) is 5.82 Å². The molecule has 3 aromatic rings. The molecule has 1 fully saturated rings. The Balaban J connectivity index is 1.61. The van der Waals surface area contributed by atoms with E-state index in [1.807, 2.05) is 13.0 Å². The number of imidazole rings is 1. The molecule has 146 valence electrons. The van der Waals surface area contributed by atoms with Crippen LogP contribution in [0.25, 0.3) is 11.5 Å². The van der Waals surface area contributed by atoms with Gasteiger partial charge in [-0.3, -0.25) is 0 Å². The molecule has 0 unspecified atom stereocenters. The quantitative estimate of drug-likeness (QED) is 0.704. The van der Waals surface area contributed by atoms with E-state index in [1.54, 1.807) is 12.4 Å². The topological polar surface area (TPSA) is 115 Å². The normalized spacial score (nSPS) is 16.8. The standard InChI is InChI=1S/C18H22N8O2/c1-11-21-13(9-14(22-11)15-19-6-7-20-15)12-5-4-8-26(10-12)16-23-17(27-2)25-18(24-16)28-3/h6-7,9,12H,4-5,8,10H2,1-3H3,(H,19,20)/t12-/m1/s1. The van der Waals surface area contributed by atoms with E-state index in [4.69, 9.17) is 9.47 Å². The first kappa shape index (κ1) is 18.1. The van der Waals surface area contributed by atoms with Gasteiger partial charge in [-0.1, -0.05) is 0 Å². The van der Waals surface area contributed by atoms with Crippen LogP contribution in [0.3, 0.4) is 0 Å². The zero-order valence-electron chi connectivity index (χ0n) is 16.1. The lowest BCUT2D eigenvalue weighted by atomic mass is 9.94. The van der Waals surface area contributed by atoms with Crippen LogP contribution in [0.1, 0.15) is 30.3 Å². The predicted octanol–water partition coefficient (Wildman–Crippen LogP) is 1.76. The molecule has 1 saturated heterocycles. The van der Waals surface area contributed by atoms with E-state index in [0.717, 1.165) is 49.0 Å². The van der Waals surface area contributed by atoms with Crippen molar-refractivity contribution in [2.24, 2.45) is 0 Å². The zero-order chi connectivity index (χ0) is 19.5. The van der Waals surface area contributed by atoms with Gasteiger partial charge in [0.25, 0.3) is 0 Å². The van der Waals surface area contributed by atoms with Gasteiger partial charge >= 0.3 is 12.0 Å². The maximum Gasteiger partial charge on any atom is 0.324 e. The summed E-state index contributed by atoms with van der Waals surface area (Å²) in [4.78, 5) is 31.5. The van der Waals surface area contributed by atoms with Gasteiger partial charge < -0.3 is 19.4 Å². The van der Waals surface area contributed by atoms with Crippen molar-refractivity contribution >= 4 is 5.95 Å². The van der Waals surface area contributed by atoms with Gasteiger partial charge in [-0.15, -0.1) is 4.98 Å². The van der Waals surface area contributed by atoms with Gasteiger partial charge in [0, 0.05) is 37.1 Å². The molecule has 0 aromatic carbocycles. The molecular formula is C18H22N8O2. The Kier molecular flexibility index (Phi) is 5.00. The third kappa shape index (κ3) is 3.71. The summed E-state index contributed by atoms with van der Waals surface area (Å²) >= 11 is 0. The highest BCUT2D eigenvalue weighted by molar-refractivity contribution is 5.50. The maximum absolute atomic E-state index is 5.17. The molecule has 1 aliphatic heterocycles. The fraction of sp³-hybridized carbons (Fsp3) is 0.444. The van der Waals surface area contributed by atoms with E-state index in [-0.39, 0.29) is 17.9 Å². The summed E-state index contributed by atoms with van der Waals surface area (Å²) < 4.78 is 10.3. The van der Waals surface area contributed by atoms with Crippen LogP contribution >= 0.6 is 0 Å². The van der Waals surface area contributed by atoms with Crippen LogP contribution in [0.15, 0.2) is 18.5 Å². The molecule has 4 heterocycles. The second kappa shape index (κ2) is 7.75.